The molecule has 0 N–H and O–H groups in total. The summed E-state index contributed by atoms with van der Waals surface area (Å²) in [6, 6.07) is 6.61. The standard InChI is InChI=1S/C19H26N2O4/c22-19(20-9-11-25-12-10-20)18(13-15-5-2-1-3-6-15)16-7-4-8-17(14-16)21(23)24/h4,7-8,14-15,18H,1-3,5-6,9-13H2/t18-/m0/s1. The van der Waals surface area contributed by atoms with Gasteiger partial charge >= 0.3 is 0 Å². The molecule has 0 aromatic heterocycles. The van der Waals surface area contributed by atoms with Crippen LogP contribution < -0.4 is 0 Å². The van der Waals surface area contributed by atoms with Crippen LogP contribution in [0.3, 0.4) is 0 Å². The molecule has 0 unspecified atom stereocenters. The lowest BCUT2D eigenvalue weighted by molar-refractivity contribution is -0.384. The Morgan fingerprint density at radius 2 is 1.96 bits per heavy atom. The van der Waals surface area contributed by atoms with Gasteiger partial charge in [-0.15, -0.1) is 0 Å². The van der Waals surface area contributed by atoms with Gasteiger partial charge in [-0.3, -0.25) is 14.9 Å². The Bertz CT molecular complexity index is 607. The van der Waals surface area contributed by atoms with Gasteiger partial charge in [-0.2, -0.15) is 0 Å². The van der Waals surface area contributed by atoms with Gasteiger partial charge in [0.05, 0.1) is 24.1 Å². The smallest absolute Gasteiger partial charge is 0.269 e. The molecule has 6 heteroatoms. The fourth-order valence-corrected chi connectivity index (χ4v) is 3.99. The fraction of sp³-hybridized carbons (Fsp3) is 0.632. The first-order valence-electron chi connectivity index (χ1n) is 9.26. The number of amides is 1. The van der Waals surface area contributed by atoms with Crippen molar-refractivity contribution in [1.29, 1.82) is 0 Å². The minimum absolute atomic E-state index is 0.0564. The largest absolute Gasteiger partial charge is 0.378 e. The highest BCUT2D eigenvalue weighted by atomic mass is 16.6. The van der Waals surface area contributed by atoms with Crippen molar-refractivity contribution < 1.29 is 14.5 Å². The Morgan fingerprint density at radius 3 is 2.64 bits per heavy atom. The van der Waals surface area contributed by atoms with Crippen LogP contribution >= 0.6 is 0 Å². The molecule has 1 saturated heterocycles. The molecule has 0 spiro atoms. The van der Waals surface area contributed by atoms with Crippen LogP contribution in [0, 0.1) is 16.0 Å². The predicted molar refractivity (Wildman–Crippen MR) is 94.4 cm³/mol. The average Bonchev–Trinajstić information content (AvgIpc) is 2.67. The maximum Gasteiger partial charge on any atom is 0.269 e. The molecule has 1 aliphatic heterocycles. The van der Waals surface area contributed by atoms with Gasteiger partial charge in [0.2, 0.25) is 5.91 Å². The van der Waals surface area contributed by atoms with Crippen molar-refractivity contribution in [3.63, 3.8) is 0 Å². The highest BCUT2D eigenvalue weighted by Gasteiger charge is 2.30. The van der Waals surface area contributed by atoms with E-state index in [9.17, 15) is 14.9 Å². The predicted octanol–water partition coefficient (Wildman–Crippen LogP) is 3.51. The number of carbonyl (C=O) groups excluding carboxylic acids is 1. The van der Waals surface area contributed by atoms with Crippen LogP contribution in [0.1, 0.15) is 50.0 Å². The molecular weight excluding hydrogens is 320 g/mol. The van der Waals surface area contributed by atoms with Crippen molar-refractivity contribution in [2.75, 3.05) is 26.3 Å². The van der Waals surface area contributed by atoms with E-state index in [1.165, 1.54) is 25.3 Å². The Kier molecular flexibility index (Phi) is 6.02. The maximum atomic E-state index is 13.2. The zero-order valence-electron chi connectivity index (χ0n) is 14.6. The van der Waals surface area contributed by atoms with Crippen LogP contribution in [-0.4, -0.2) is 42.0 Å². The molecule has 1 aromatic carbocycles. The highest BCUT2D eigenvalue weighted by Crippen LogP contribution is 2.35. The van der Waals surface area contributed by atoms with E-state index < -0.39 is 0 Å². The van der Waals surface area contributed by atoms with E-state index in [0.29, 0.717) is 32.2 Å². The molecule has 1 amide bonds. The second-order valence-electron chi connectivity index (χ2n) is 7.08. The molecule has 1 aromatic rings. The van der Waals surface area contributed by atoms with Crippen molar-refractivity contribution in [3.05, 3.63) is 39.9 Å². The molecule has 1 atom stereocenters. The molecule has 136 valence electrons. The van der Waals surface area contributed by atoms with Gasteiger partial charge in [-0.1, -0.05) is 44.2 Å². The topological polar surface area (TPSA) is 72.7 Å². The lowest BCUT2D eigenvalue weighted by atomic mass is 9.80. The summed E-state index contributed by atoms with van der Waals surface area (Å²) in [7, 11) is 0. The van der Waals surface area contributed by atoms with E-state index in [4.69, 9.17) is 4.74 Å². The normalized spacial score (nSPS) is 20.2. The lowest BCUT2D eigenvalue weighted by Gasteiger charge is -2.33. The average molecular weight is 346 g/mol. The summed E-state index contributed by atoms with van der Waals surface area (Å²) in [6.45, 7) is 2.34. The van der Waals surface area contributed by atoms with Gasteiger partial charge in [-0.25, -0.2) is 0 Å². The molecule has 1 heterocycles. The zero-order chi connectivity index (χ0) is 17.6. The first-order chi connectivity index (χ1) is 12.1. The molecule has 0 bridgehead atoms. The van der Waals surface area contributed by atoms with Gasteiger partial charge in [-0.05, 0) is 17.9 Å². The third-order valence-electron chi connectivity index (χ3n) is 5.40. The van der Waals surface area contributed by atoms with Gasteiger partial charge in [0.25, 0.3) is 5.69 Å². The number of nitro groups is 1. The SMILES string of the molecule is O=C([C@@H](CC1CCCCC1)c1cccc([N+](=O)[O-])c1)N1CCOCC1. The Balaban J connectivity index is 1.83. The van der Waals surface area contributed by atoms with Crippen molar-refractivity contribution in [1.82, 2.24) is 4.90 Å². The molecule has 1 saturated carbocycles. The molecule has 6 nitrogen and oxygen atoms in total. The number of ether oxygens (including phenoxy) is 1. The molecule has 1 aliphatic carbocycles. The number of nitrogens with zero attached hydrogens (tertiary/aromatic N) is 2. The van der Waals surface area contributed by atoms with E-state index in [-0.39, 0.29) is 22.4 Å². The number of non-ortho nitro benzene ring substituents is 1. The summed E-state index contributed by atoms with van der Waals surface area (Å²) in [6.07, 6.45) is 6.81. The first-order valence-corrected chi connectivity index (χ1v) is 9.26. The quantitative estimate of drug-likeness (QED) is 0.604. The van der Waals surface area contributed by atoms with Crippen molar-refractivity contribution in [2.45, 2.75) is 44.4 Å². The number of hydrogen-bond acceptors (Lipinski definition) is 4. The van der Waals surface area contributed by atoms with E-state index in [2.05, 4.69) is 0 Å². The lowest BCUT2D eigenvalue weighted by Crippen LogP contribution is -2.43. The Morgan fingerprint density at radius 1 is 1.24 bits per heavy atom. The third-order valence-corrected chi connectivity index (χ3v) is 5.40. The molecule has 3 rings (SSSR count). The summed E-state index contributed by atoms with van der Waals surface area (Å²) in [5.74, 6) is 0.332. The van der Waals surface area contributed by atoms with Gasteiger partial charge in [0.1, 0.15) is 0 Å². The minimum Gasteiger partial charge on any atom is -0.378 e. The second kappa shape index (κ2) is 8.43. The van der Waals surface area contributed by atoms with Crippen molar-refractivity contribution >= 4 is 11.6 Å². The van der Waals surface area contributed by atoms with Gasteiger partial charge < -0.3 is 9.64 Å². The summed E-state index contributed by atoms with van der Waals surface area (Å²) >= 11 is 0. The first kappa shape index (κ1) is 17.9. The fourth-order valence-electron chi connectivity index (χ4n) is 3.99. The number of rotatable bonds is 5. The Labute approximate surface area is 148 Å². The molecule has 2 aliphatic rings. The van der Waals surface area contributed by atoms with Crippen LogP contribution in [0.5, 0.6) is 0 Å². The molecular formula is C19H26N2O4. The van der Waals surface area contributed by atoms with Gasteiger partial charge in [0.15, 0.2) is 0 Å². The number of carbonyl (C=O) groups is 1. The number of hydrogen-bond donors (Lipinski definition) is 0. The summed E-state index contributed by atoms with van der Waals surface area (Å²) in [5.41, 5.74) is 0.831. The highest BCUT2D eigenvalue weighted by molar-refractivity contribution is 5.84. The molecule has 2 fully saturated rings. The van der Waals surface area contributed by atoms with Crippen LogP contribution in [0.25, 0.3) is 0 Å². The van der Waals surface area contributed by atoms with Crippen LogP contribution in [-0.2, 0) is 9.53 Å². The van der Waals surface area contributed by atoms with E-state index in [1.807, 2.05) is 11.0 Å². The molecule has 25 heavy (non-hydrogen) atoms. The zero-order valence-corrected chi connectivity index (χ0v) is 14.6. The summed E-state index contributed by atoms with van der Waals surface area (Å²) < 4.78 is 5.35. The van der Waals surface area contributed by atoms with Crippen LogP contribution in [0.4, 0.5) is 5.69 Å². The third kappa shape index (κ3) is 4.57. The molecule has 0 radical (unpaired) electrons. The van der Waals surface area contributed by atoms with Crippen LogP contribution in [0.2, 0.25) is 0 Å². The van der Waals surface area contributed by atoms with E-state index >= 15 is 0 Å². The van der Waals surface area contributed by atoms with E-state index in [1.54, 1.807) is 12.1 Å². The monoisotopic (exact) mass is 346 g/mol. The minimum atomic E-state index is -0.389. The summed E-state index contributed by atoms with van der Waals surface area (Å²) in [5, 5.41) is 11.1. The number of nitro benzene ring substituents is 1. The summed E-state index contributed by atoms with van der Waals surface area (Å²) in [4.78, 5) is 25.8. The number of morpholine rings is 1. The van der Waals surface area contributed by atoms with Crippen molar-refractivity contribution in [3.8, 4) is 0 Å². The second-order valence-corrected chi connectivity index (χ2v) is 7.08. The van der Waals surface area contributed by atoms with Crippen LogP contribution in [0.15, 0.2) is 24.3 Å². The maximum absolute atomic E-state index is 13.2. The van der Waals surface area contributed by atoms with Gasteiger partial charge in [0, 0.05) is 25.2 Å². The number of benzene rings is 1. The van der Waals surface area contributed by atoms with Crippen molar-refractivity contribution in [2.24, 2.45) is 5.92 Å². The van der Waals surface area contributed by atoms with E-state index in [0.717, 1.165) is 24.8 Å². The Hall–Kier alpha value is -1.95.